The first-order valence-electron chi connectivity index (χ1n) is 6.96. The summed E-state index contributed by atoms with van der Waals surface area (Å²) in [5.41, 5.74) is 0. The van der Waals surface area contributed by atoms with E-state index >= 15 is 0 Å². The molecule has 0 spiro atoms. The van der Waals surface area contributed by atoms with Gasteiger partial charge in [0.15, 0.2) is 5.13 Å². The van der Waals surface area contributed by atoms with E-state index < -0.39 is 0 Å². The monoisotopic (exact) mass is 284 g/mol. The van der Waals surface area contributed by atoms with Crippen molar-refractivity contribution in [3.05, 3.63) is 11.6 Å². The Labute approximate surface area is 119 Å². The minimum Gasteiger partial charge on any atom is -0.383 e. The molecule has 0 saturated carbocycles. The number of methoxy groups -OCH3 is 1. The second-order valence-electron chi connectivity index (χ2n) is 4.74. The van der Waals surface area contributed by atoms with E-state index in [1.807, 2.05) is 11.6 Å². The number of ether oxygens (including phenoxy) is 1. The Morgan fingerprint density at radius 2 is 2.16 bits per heavy atom. The predicted octanol–water partition coefficient (Wildman–Crippen LogP) is 0.891. The van der Waals surface area contributed by atoms with Gasteiger partial charge in [-0.25, -0.2) is 4.98 Å². The van der Waals surface area contributed by atoms with Crippen LogP contribution >= 0.6 is 11.3 Å². The normalized spacial score (nSPS) is 17.0. The van der Waals surface area contributed by atoms with Gasteiger partial charge in [0.1, 0.15) is 0 Å². The van der Waals surface area contributed by atoms with Crippen LogP contribution in [0.4, 0.5) is 5.13 Å². The van der Waals surface area contributed by atoms with Gasteiger partial charge in [-0.1, -0.05) is 0 Å². The number of nitrogens with zero attached hydrogens (tertiary/aromatic N) is 3. The van der Waals surface area contributed by atoms with Crippen LogP contribution < -0.4 is 10.2 Å². The average molecular weight is 284 g/mol. The fraction of sp³-hybridized carbons (Fsp3) is 0.769. The Morgan fingerprint density at radius 3 is 2.84 bits per heavy atom. The summed E-state index contributed by atoms with van der Waals surface area (Å²) in [5, 5.41) is 6.60. The minimum atomic E-state index is 0.798. The molecule has 1 aliphatic heterocycles. The third-order valence-corrected chi connectivity index (χ3v) is 4.21. The number of anilines is 1. The van der Waals surface area contributed by atoms with Crippen molar-refractivity contribution in [3.63, 3.8) is 0 Å². The lowest BCUT2D eigenvalue weighted by Gasteiger charge is -2.34. The van der Waals surface area contributed by atoms with Crippen LogP contribution in [-0.4, -0.2) is 69.4 Å². The number of aromatic nitrogens is 1. The maximum Gasteiger partial charge on any atom is 0.185 e. The van der Waals surface area contributed by atoms with Gasteiger partial charge in [0.2, 0.25) is 0 Å². The highest BCUT2D eigenvalue weighted by atomic mass is 32.1. The van der Waals surface area contributed by atoms with E-state index in [0.29, 0.717) is 0 Å². The SMILES string of the molecule is COCCNCCCN1CCN(c2nccs2)CC1. The molecular weight excluding hydrogens is 260 g/mol. The second kappa shape index (κ2) is 8.47. The van der Waals surface area contributed by atoms with Gasteiger partial charge in [0.05, 0.1) is 6.61 Å². The third kappa shape index (κ3) is 5.06. The molecule has 1 aliphatic rings. The molecule has 6 heteroatoms. The molecule has 1 aromatic heterocycles. The molecule has 0 aromatic carbocycles. The van der Waals surface area contributed by atoms with E-state index in [9.17, 15) is 0 Å². The predicted molar refractivity (Wildman–Crippen MR) is 80.1 cm³/mol. The Hall–Kier alpha value is -0.690. The van der Waals surface area contributed by atoms with Crippen LogP contribution in [0, 0.1) is 0 Å². The quantitative estimate of drug-likeness (QED) is 0.718. The maximum atomic E-state index is 5.00. The molecule has 1 N–H and O–H groups in total. The molecule has 19 heavy (non-hydrogen) atoms. The number of rotatable bonds is 8. The highest BCUT2D eigenvalue weighted by Gasteiger charge is 2.17. The van der Waals surface area contributed by atoms with E-state index in [-0.39, 0.29) is 0 Å². The van der Waals surface area contributed by atoms with Crippen LogP contribution in [0.1, 0.15) is 6.42 Å². The van der Waals surface area contributed by atoms with Gasteiger partial charge in [0, 0.05) is 51.4 Å². The van der Waals surface area contributed by atoms with Gasteiger partial charge in [0.25, 0.3) is 0 Å². The zero-order chi connectivity index (χ0) is 13.3. The number of nitrogens with one attached hydrogen (secondary N) is 1. The molecule has 1 aromatic rings. The van der Waals surface area contributed by atoms with Crippen LogP contribution in [0.5, 0.6) is 0 Å². The zero-order valence-electron chi connectivity index (χ0n) is 11.7. The van der Waals surface area contributed by atoms with Crippen molar-refractivity contribution in [2.75, 3.05) is 64.4 Å². The molecule has 2 heterocycles. The van der Waals surface area contributed by atoms with E-state index in [0.717, 1.165) is 45.9 Å². The van der Waals surface area contributed by atoms with Crippen molar-refractivity contribution in [1.29, 1.82) is 0 Å². The lowest BCUT2D eigenvalue weighted by atomic mass is 10.3. The van der Waals surface area contributed by atoms with Crippen LogP contribution in [0.3, 0.4) is 0 Å². The molecule has 2 rings (SSSR count). The summed E-state index contributed by atoms with van der Waals surface area (Å²) in [6.45, 7) is 8.52. The van der Waals surface area contributed by atoms with E-state index in [1.54, 1.807) is 18.4 Å². The summed E-state index contributed by atoms with van der Waals surface area (Å²) in [5.74, 6) is 0. The van der Waals surface area contributed by atoms with Crippen molar-refractivity contribution in [2.45, 2.75) is 6.42 Å². The fourth-order valence-corrected chi connectivity index (χ4v) is 2.96. The first kappa shape index (κ1) is 14.7. The standard InChI is InChI=1S/C13H24N4OS/c1-18-11-4-14-3-2-6-16-7-9-17(10-8-16)13-15-5-12-19-13/h5,12,14H,2-4,6-11H2,1H3. The first-order chi connectivity index (χ1) is 9.40. The zero-order valence-corrected chi connectivity index (χ0v) is 12.5. The Bertz CT molecular complexity index is 325. The molecule has 1 fully saturated rings. The van der Waals surface area contributed by atoms with Crippen LogP contribution in [-0.2, 0) is 4.74 Å². The number of hydrogen-bond donors (Lipinski definition) is 1. The smallest absolute Gasteiger partial charge is 0.185 e. The van der Waals surface area contributed by atoms with Crippen molar-refractivity contribution in [3.8, 4) is 0 Å². The van der Waals surface area contributed by atoms with E-state index in [2.05, 4.69) is 20.1 Å². The minimum absolute atomic E-state index is 0.798. The summed E-state index contributed by atoms with van der Waals surface area (Å²) in [6.07, 6.45) is 3.10. The first-order valence-corrected chi connectivity index (χ1v) is 7.84. The van der Waals surface area contributed by atoms with Gasteiger partial charge in [-0.3, -0.25) is 4.90 Å². The Balaban J connectivity index is 1.54. The molecule has 108 valence electrons. The fourth-order valence-electron chi connectivity index (χ4n) is 2.26. The number of thiazole rings is 1. The van der Waals surface area contributed by atoms with E-state index in [1.165, 1.54) is 18.1 Å². The molecule has 1 saturated heterocycles. The van der Waals surface area contributed by atoms with Gasteiger partial charge in [-0.05, 0) is 19.5 Å². The van der Waals surface area contributed by atoms with Crippen molar-refractivity contribution in [1.82, 2.24) is 15.2 Å². The lowest BCUT2D eigenvalue weighted by molar-refractivity contribution is 0.198. The molecule has 0 unspecified atom stereocenters. The Kier molecular flexibility index (Phi) is 6.56. The van der Waals surface area contributed by atoms with E-state index in [4.69, 9.17) is 4.74 Å². The molecular formula is C13H24N4OS. The van der Waals surface area contributed by atoms with Crippen LogP contribution in [0.25, 0.3) is 0 Å². The summed E-state index contributed by atoms with van der Waals surface area (Å²) in [4.78, 5) is 9.30. The van der Waals surface area contributed by atoms with Crippen molar-refractivity contribution in [2.24, 2.45) is 0 Å². The Morgan fingerprint density at radius 1 is 1.32 bits per heavy atom. The number of hydrogen-bond acceptors (Lipinski definition) is 6. The molecule has 5 nitrogen and oxygen atoms in total. The van der Waals surface area contributed by atoms with Gasteiger partial charge >= 0.3 is 0 Å². The lowest BCUT2D eigenvalue weighted by Crippen LogP contribution is -2.47. The molecule has 0 radical (unpaired) electrons. The van der Waals surface area contributed by atoms with Crippen molar-refractivity contribution < 1.29 is 4.74 Å². The van der Waals surface area contributed by atoms with Gasteiger partial charge < -0.3 is 15.0 Å². The molecule has 0 aliphatic carbocycles. The summed E-state index contributed by atoms with van der Waals surface area (Å²) >= 11 is 1.73. The second-order valence-corrected chi connectivity index (χ2v) is 5.61. The molecule has 0 bridgehead atoms. The van der Waals surface area contributed by atoms with Gasteiger partial charge in [-0.15, -0.1) is 11.3 Å². The van der Waals surface area contributed by atoms with Crippen molar-refractivity contribution >= 4 is 16.5 Å². The summed E-state index contributed by atoms with van der Waals surface area (Å²) in [7, 11) is 1.74. The average Bonchev–Trinajstić information content (AvgIpc) is 2.97. The highest BCUT2D eigenvalue weighted by Crippen LogP contribution is 2.18. The third-order valence-electron chi connectivity index (χ3n) is 3.37. The van der Waals surface area contributed by atoms with Gasteiger partial charge in [-0.2, -0.15) is 0 Å². The van der Waals surface area contributed by atoms with Crippen LogP contribution in [0.2, 0.25) is 0 Å². The largest absolute Gasteiger partial charge is 0.383 e. The molecule has 0 atom stereocenters. The summed E-state index contributed by atoms with van der Waals surface area (Å²) in [6, 6.07) is 0. The maximum absolute atomic E-state index is 5.00. The molecule has 0 amide bonds. The number of piperazine rings is 1. The summed E-state index contributed by atoms with van der Waals surface area (Å²) < 4.78 is 5.00. The topological polar surface area (TPSA) is 40.6 Å². The van der Waals surface area contributed by atoms with Crippen LogP contribution in [0.15, 0.2) is 11.6 Å². The highest BCUT2D eigenvalue weighted by molar-refractivity contribution is 7.13.